The third kappa shape index (κ3) is 2.70. The number of aliphatic carboxylic acids is 1. The molecule has 3 heterocycles. The Hall–Kier alpha value is -3.36. The Morgan fingerprint density at radius 2 is 2.04 bits per heavy atom. The lowest BCUT2D eigenvalue weighted by Gasteiger charge is -2.33. The summed E-state index contributed by atoms with van der Waals surface area (Å²) in [5, 5.41) is 9.09. The summed E-state index contributed by atoms with van der Waals surface area (Å²) < 4.78 is 3.78. The van der Waals surface area contributed by atoms with Crippen LogP contribution >= 0.6 is 0 Å². The highest BCUT2D eigenvalue weighted by molar-refractivity contribution is 5.77. The average Bonchev–Trinajstić information content (AvgIpc) is 3.02. The molecule has 9 heteroatoms. The van der Waals surface area contributed by atoms with Crippen LogP contribution in [-0.2, 0) is 24.9 Å². The van der Waals surface area contributed by atoms with Crippen LogP contribution in [0, 0.1) is 12.8 Å². The highest BCUT2D eigenvalue weighted by atomic mass is 16.4. The number of carbonyl (C=O) groups is 1. The minimum absolute atomic E-state index is 0.231. The molecule has 0 amide bonds. The molecular weight excluding hydrogens is 362 g/mol. The molecule has 0 saturated heterocycles. The fourth-order valence-corrected chi connectivity index (χ4v) is 3.79. The van der Waals surface area contributed by atoms with Crippen LogP contribution < -0.4 is 16.1 Å². The van der Waals surface area contributed by atoms with Crippen molar-refractivity contribution in [3.8, 4) is 0 Å². The molecule has 0 fully saturated rings. The van der Waals surface area contributed by atoms with Crippen LogP contribution in [0.4, 0.5) is 11.6 Å². The fraction of sp³-hybridized carbons (Fsp3) is 0.368. The van der Waals surface area contributed by atoms with Crippen molar-refractivity contribution in [2.24, 2.45) is 13.0 Å². The first-order chi connectivity index (χ1) is 13.3. The lowest BCUT2D eigenvalue weighted by atomic mass is 10.1. The van der Waals surface area contributed by atoms with Gasteiger partial charge >= 0.3 is 11.7 Å². The summed E-state index contributed by atoms with van der Waals surface area (Å²) in [6.07, 6.45) is 0. The first-order valence-electron chi connectivity index (χ1n) is 9.04. The maximum atomic E-state index is 13.0. The number of hydrogen-bond acceptors (Lipinski definition) is 5. The van der Waals surface area contributed by atoms with Crippen molar-refractivity contribution in [2.75, 3.05) is 11.4 Å². The summed E-state index contributed by atoms with van der Waals surface area (Å²) in [7, 11) is 1.50. The second-order valence-corrected chi connectivity index (χ2v) is 7.38. The van der Waals surface area contributed by atoms with Crippen LogP contribution in [0.2, 0.25) is 0 Å². The molecule has 0 spiro atoms. The monoisotopic (exact) mass is 383 g/mol. The second-order valence-electron chi connectivity index (χ2n) is 7.38. The molecule has 9 nitrogen and oxygen atoms in total. The second kappa shape index (κ2) is 6.36. The van der Waals surface area contributed by atoms with Crippen molar-refractivity contribution in [3.05, 3.63) is 50.7 Å². The number of carboxylic acid groups (broad SMARTS) is 1. The molecular formula is C19H21N5O4. The zero-order chi connectivity index (χ0) is 20.2. The van der Waals surface area contributed by atoms with Gasteiger partial charge in [0.25, 0.3) is 5.56 Å². The van der Waals surface area contributed by atoms with Crippen molar-refractivity contribution >= 4 is 28.8 Å². The van der Waals surface area contributed by atoms with Gasteiger partial charge in [-0.15, -0.1) is 0 Å². The van der Waals surface area contributed by atoms with Crippen LogP contribution in [0.1, 0.15) is 12.5 Å². The number of anilines is 2. The topological polar surface area (TPSA) is 102 Å². The molecule has 0 radical (unpaired) electrons. The summed E-state index contributed by atoms with van der Waals surface area (Å²) in [4.78, 5) is 43.3. The van der Waals surface area contributed by atoms with Crippen LogP contribution in [-0.4, -0.2) is 36.3 Å². The molecule has 28 heavy (non-hydrogen) atoms. The zero-order valence-corrected chi connectivity index (χ0v) is 15.9. The van der Waals surface area contributed by atoms with Gasteiger partial charge in [-0.25, -0.2) is 9.36 Å². The molecule has 1 aromatic carbocycles. The van der Waals surface area contributed by atoms with Crippen LogP contribution in [0.25, 0.3) is 11.2 Å². The molecule has 3 aromatic rings. The SMILES string of the molecule is Cc1cccc(N2CC(C)Cn3c2nc2c3c(=O)n(CC(=O)O)c(=O)n2C)c1. The summed E-state index contributed by atoms with van der Waals surface area (Å²) >= 11 is 0. The van der Waals surface area contributed by atoms with Crippen molar-refractivity contribution in [1.82, 2.24) is 18.7 Å². The third-order valence-corrected chi connectivity index (χ3v) is 5.05. The minimum atomic E-state index is -1.24. The van der Waals surface area contributed by atoms with E-state index in [1.807, 2.05) is 36.1 Å². The lowest BCUT2D eigenvalue weighted by molar-refractivity contribution is -0.137. The van der Waals surface area contributed by atoms with E-state index >= 15 is 0 Å². The molecule has 4 rings (SSSR count). The summed E-state index contributed by atoms with van der Waals surface area (Å²) in [6, 6.07) is 8.00. The first-order valence-corrected chi connectivity index (χ1v) is 9.04. The molecule has 1 N–H and O–H groups in total. The number of nitrogens with zero attached hydrogens (tertiary/aromatic N) is 5. The summed E-state index contributed by atoms with van der Waals surface area (Å²) in [6.45, 7) is 4.70. The maximum absolute atomic E-state index is 13.0. The summed E-state index contributed by atoms with van der Waals surface area (Å²) in [5.41, 5.74) is 1.26. The van der Waals surface area contributed by atoms with Gasteiger partial charge in [0.2, 0.25) is 5.95 Å². The Labute approximate surface area is 160 Å². The van der Waals surface area contributed by atoms with Gasteiger partial charge in [0, 0.05) is 25.8 Å². The van der Waals surface area contributed by atoms with E-state index in [1.165, 1.54) is 11.6 Å². The quantitative estimate of drug-likeness (QED) is 0.726. The number of rotatable bonds is 3. The Balaban J connectivity index is 2.02. The largest absolute Gasteiger partial charge is 0.480 e. The van der Waals surface area contributed by atoms with Gasteiger partial charge in [-0.05, 0) is 30.5 Å². The van der Waals surface area contributed by atoms with E-state index < -0.39 is 23.8 Å². The summed E-state index contributed by atoms with van der Waals surface area (Å²) in [5.74, 6) is -0.430. The normalized spacial score (nSPS) is 16.4. The molecule has 0 bridgehead atoms. The van der Waals surface area contributed by atoms with Gasteiger partial charge in [0.1, 0.15) is 6.54 Å². The third-order valence-electron chi connectivity index (χ3n) is 5.05. The Morgan fingerprint density at radius 3 is 2.71 bits per heavy atom. The highest BCUT2D eigenvalue weighted by Gasteiger charge is 2.30. The molecule has 2 aromatic heterocycles. The Kier molecular flexibility index (Phi) is 4.10. The predicted molar refractivity (Wildman–Crippen MR) is 104 cm³/mol. The minimum Gasteiger partial charge on any atom is -0.480 e. The van der Waals surface area contributed by atoms with Gasteiger partial charge in [-0.3, -0.25) is 14.2 Å². The van der Waals surface area contributed by atoms with E-state index in [-0.39, 0.29) is 17.1 Å². The van der Waals surface area contributed by atoms with Crippen LogP contribution in [0.3, 0.4) is 0 Å². The van der Waals surface area contributed by atoms with E-state index in [9.17, 15) is 14.4 Å². The zero-order valence-electron chi connectivity index (χ0n) is 15.9. The number of aromatic nitrogens is 4. The predicted octanol–water partition coefficient (Wildman–Crippen LogP) is 1.08. The number of imidazole rings is 1. The standard InChI is InChI=1S/C19H21N5O4/c1-11-5-4-6-13(7-11)22-8-12(2)9-23-15-16(20-18(22)23)21(3)19(28)24(17(15)27)10-14(25)26/h4-7,12H,8-10H2,1-3H3,(H,25,26). The molecule has 1 unspecified atom stereocenters. The van der Waals surface area contributed by atoms with Gasteiger partial charge in [-0.2, -0.15) is 4.98 Å². The molecule has 1 atom stereocenters. The van der Waals surface area contributed by atoms with E-state index in [1.54, 1.807) is 4.57 Å². The number of fused-ring (bicyclic) bond motifs is 3. The van der Waals surface area contributed by atoms with Crippen molar-refractivity contribution in [1.29, 1.82) is 0 Å². The molecule has 1 aliphatic heterocycles. The van der Waals surface area contributed by atoms with Crippen LogP contribution in [0.15, 0.2) is 33.9 Å². The Bertz CT molecular complexity index is 1220. The van der Waals surface area contributed by atoms with Gasteiger partial charge in [-0.1, -0.05) is 19.1 Å². The number of aryl methyl sites for hydroxylation is 2. The Morgan fingerprint density at radius 1 is 1.29 bits per heavy atom. The van der Waals surface area contributed by atoms with Crippen molar-refractivity contribution in [2.45, 2.75) is 26.9 Å². The number of benzene rings is 1. The van der Waals surface area contributed by atoms with E-state index in [2.05, 4.69) is 11.9 Å². The molecule has 146 valence electrons. The maximum Gasteiger partial charge on any atom is 0.333 e. The van der Waals surface area contributed by atoms with Crippen LogP contribution in [0.5, 0.6) is 0 Å². The molecule has 0 saturated carbocycles. The van der Waals surface area contributed by atoms with Gasteiger partial charge in [0.15, 0.2) is 11.2 Å². The highest BCUT2D eigenvalue weighted by Crippen LogP contribution is 2.33. The van der Waals surface area contributed by atoms with E-state index in [0.29, 0.717) is 12.5 Å². The molecule has 1 aliphatic rings. The average molecular weight is 383 g/mol. The van der Waals surface area contributed by atoms with E-state index in [4.69, 9.17) is 5.11 Å². The van der Waals surface area contributed by atoms with Gasteiger partial charge in [0.05, 0.1) is 0 Å². The van der Waals surface area contributed by atoms with Crippen molar-refractivity contribution in [3.63, 3.8) is 0 Å². The smallest absolute Gasteiger partial charge is 0.333 e. The lowest BCUT2D eigenvalue weighted by Crippen LogP contribution is -2.41. The molecule has 0 aliphatic carbocycles. The van der Waals surface area contributed by atoms with Crippen molar-refractivity contribution < 1.29 is 9.90 Å². The fourth-order valence-electron chi connectivity index (χ4n) is 3.79. The van der Waals surface area contributed by atoms with E-state index in [0.717, 1.165) is 22.4 Å². The number of carboxylic acids is 1. The van der Waals surface area contributed by atoms with Gasteiger partial charge < -0.3 is 14.6 Å². The number of hydrogen-bond donors (Lipinski definition) is 1. The first kappa shape index (κ1) is 18.0.